The number of pyridine rings is 2. The lowest BCUT2D eigenvalue weighted by Gasteiger charge is -2.03. The van der Waals surface area contributed by atoms with Crippen LogP contribution < -0.4 is 0 Å². The minimum Gasteiger partial charge on any atom is -0.505 e. The number of phenols is 1. The van der Waals surface area contributed by atoms with Gasteiger partial charge in [0, 0.05) is 16.8 Å². The molecule has 2 aromatic heterocycles. The van der Waals surface area contributed by atoms with Gasteiger partial charge in [-0.05, 0) is 18.2 Å². The molecule has 0 spiro atoms. The normalized spacial score (nSPS) is 10.2. The highest BCUT2D eigenvalue weighted by molar-refractivity contribution is 6.07. The summed E-state index contributed by atoms with van der Waals surface area (Å²) in [4.78, 5) is 11.5. The summed E-state index contributed by atoms with van der Waals surface area (Å²) in [7, 11) is 0. The molecule has 3 aromatic rings. The summed E-state index contributed by atoms with van der Waals surface area (Å²) in [5.74, 6) is 0.224. The highest BCUT2D eigenvalue weighted by Gasteiger charge is 2.11. The van der Waals surface area contributed by atoms with E-state index < -0.39 is 0 Å². The van der Waals surface area contributed by atoms with Gasteiger partial charge in [0.1, 0.15) is 23.0 Å². The molecule has 0 bridgehead atoms. The number of hydrogen-bond donors (Lipinski definition) is 1. The molecule has 19 heavy (non-hydrogen) atoms. The molecule has 5 heteroatoms. The Morgan fingerprint density at radius 1 is 1.16 bits per heavy atom. The monoisotopic (exact) mass is 246 g/mol. The molecular weight excluding hydrogens is 240 g/mol. The highest BCUT2D eigenvalue weighted by Crippen LogP contribution is 2.31. The lowest BCUT2D eigenvalue weighted by molar-refractivity contribution is 0.481. The molecule has 0 amide bonds. The van der Waals surface area contributed by atoms with Crippen molar-refractivity contribution in [2.45, 2.75) is 0 Å². The summed E-state index contributed by atoms with van der Waals surface area (Å²) in [6, 6.07) is 10.1. The molecule has 1 aromatic carbocycles. The van der Waals surface area contributed by atoms with Gasteiger partial charge >= 0.3 is 0 Å². The summed E-state index contributed by atoms with van der Waals surface area (Å²) < 4.78 is 0. The lowest BCUT2D eigenvalue weighted by Crippen LogP contribution is -1.88. The van der Waals surface area contributed by atoms with Crippen LogP contribution in [0, 0.1) is 17.9 Å². The Kier molecular flexibility index (Phi) is 2.27. The van der Waals surface area contributed by atoms with Crippen LogP contribution in [0.2, 0.25) is 0 Å². The zero-order valence-corrected chi connectivity index (χ0v) is 9.62. The standard InChI is InChI=1S/C14H6N4O/c1-16-13-5-4-9-10-3-2-8(7-15)17-14(10)12(19)6-11(9)18-13/h2-6,19H. The zero-order chi connectivity index (χ0) is 13.4. The molecule has 0 saturated heterocycles. The van der Waals surface area contributed by atoms with Crippen molar-refractivity contribution in [3.63, 3.8) is 0 Å². The Morgan fingerprint density at radius 3 is 2.68 bits per heavy atom. The molecule has 0 aliphatic carbocycles. The number of nitrogens with zero attached hydrogens (tertiary/aromatic N) is 4. The maximum Gasteiger partial charge on any atom is 0.270 e. The second-order valence-electron chi connectivity index (χ2n) is 3.95. The molecule has 0 radical (unpaired) electrons. The predicted molar refractivity (Wildman–Crippen MR) is 69.7 cm³/mol. The van der Waals surface area contributed by atoms with Crippen molar-refractivity contribution in [3.05, 3.63) is 47.4 Å². The summed E-state index contributed by atoms with van der Waals surface area (Å²) >= 11 is 0. The van der Waals surface area contributed by atoms with E-state index in [1.807, 2.05) is 6.07 Å². The largest absolute Gasteiger partial charge is 0.505 e. The maximum atomic E-state index is 9.96. The SMILES string of the molecule is [C-]#[N+]c1ccc2c(cc(O)c3nc(C#N)ccc32)n1. The topological polar surface area (TPSA) is 74.2 Å². The van der Waals surface area contributed by atoms with Crippen molar-refractivity contribution in [1.82, 2.24) is 9.97 Å². The molecule has 1 N–H and O–H groups in total. The van der Waals surface area contributed by atoms with Crippen molar-refractivity contribution in [1.29, 1.82) is 5.26 Å². The fourth-order valence-corrected chi connectivity index (χ4v) is 2.00. The summed E-state index contributed by atoms with van der Waals surface area (Å²) in [6.07, 6.45) is 0. The van der Waals surface area contributed by atoms with E-state index in [1.165, 1.54) is 6.07 Å². The van der Waals surface area contributed by atoms with Crippen LogP contribution in [-0.2, 0) is 0 Å². The number of hydrogen-bond acceptors (Lipinski definition) is 4. The molecule has 0 aliphatic rings. The average Bonchev–Trinajstić information content (AvgIpc) is 2.46. The minimum absolute atomic E-state index is 0.0470. The van der Waals surface area contributed by atoms with Crippen molar-refractivity contribution in [3.8, 4) is 11.8 Å². The van der Waals surface area contributed by atoms with Gasteiger partial charge in [-0.2, -0.15) is 5.26 Å². The molecule has 0 atom stereocenters. The Morgan fingerprint density at radius 2 is 1.95 bits per heavy atom. The van der Waals surface area contributed by atoms with Gasteiger partial charge in [-0.3, -0.25) is 0 Å². The van der Waals surface area contributed by atoms with E-state index in [-0.39, 0.29) is 17.3 Å². The van der Waals surface area contributed by atoms with Crippen LogP contribution in [0.3, 0.4) is 0 Å². The third-order valence-corrected chi connectivity index (χ3v) is 2.84. The van der Waals surface area contributed by atoms with E-state index in [4.69, 9.17) is 11.8 Å². The van der Waals surface area contributed by atoms with Gasteiger partial charge in [0.05, 0.1) is 0 Å². The molecule has 3 rings (SSSR count). The van der Waals surface area contributed by atoms with Crippen LogP contribution in [0.15, 0.2) is 30.3 Å². The van der Waals surface area contributed by atoms with Crippen LogP contribution in [-0.4, -0.2) is 15.1 Å². The highest BCUT2D eigenvalue weighted by atomic mass is 16.3. The second-order valence-corrected chi connectivity index (χ2v) is 3.95. The molecule has 0 fully saturated rings. The Hall–Kier alpha value is -3.18. The van der Waals surface area contributed by atoms with Crippen molar-refractivity contribution >= 4 is 27.6 Å². The summed E-state index contributed by atoms with van der Waals surface area (Å²) in [6.45, 7) is 6.94. The first-order valence-corrected chi connectivity index (χ1v) is 5.44. The minimum atomic E-state index is -0.0470. The smallest absolute Gasteiger partial charge is 0.270 e. The van der Waals surface area contributed by atoms with Gasteiger partial charge in [0.25, 0.3) is 5.82 Å². The molecule has 0 aliphatic heterocycles. The number of nitriles is 1. The molecule has 0 unspecified atom stereocenters. The number of fused-ring (bicyclic) bond motifs is 3. The van der Waals surface area contributed by atoms with E-state index in [1.54, 1.807) is 24.3 Å². The van der Waals surface area contributed by atoms with Crippen molar-refractivity contribution in [2.75, 3.05) is 0 Å². The lowest BCUT2D eigenvalue weighted by atomic mass is 10.1. The third-order valence-electron chi connectivity index (χ3n) is 2.84. The van der Waals surface area contributed by atoms with E-state index in [9.17, 15) is 5.11 Å². The molecule has 0 saturated carbocycles. The maximum absolute atomic E-state index is 9.96. The van der Waals surface area contributed by atoms with Gasteiger partial charge in [-0.15, -0.1) is 4.98 Å². The van der Waals surface area contributed by atoms with E-state index in [2.05, 4.69) is 14.8 Å². The van der Waals surface area contributed by atoms with Gasteiger partial charge in [-0.25, -0.2) is 4.98 Å². The van der Waals surface area contributed by atoms with Gasteiger partial charge in [-0.1, -0.05) is 12.6 Å². The van der Waals surface area contributed by atoms with E-state index >= 15 is 0 Å². The number of aromatic nitrogens is 2. The fourth-order valence-electron chi connectivity index (χ4n) is 2.00. The first-order valence-electron chi connectivity index (χ1n) is 5.44. The van der Waals surface area contributed by atoms with Crippen LogP contribution >= 0.6 is 0 Å². The molecular formula is C14H6N4O. The average molecular weight is 246 g/mol. The summed E-state index contributed by atoms with van der Waals surface area (Å²) in [5, 5.41) is 20.3. The van der Waals surface area contributed by atoms with Gasteiger partial charge in [0.2, 0.25) is 0 Å². The van der Waals surface area contributed by atoms with Crippen LogP contribution in [0.4, 0.5) is 5.82 Å². The molecule has 5 nitrogen and oxygen atoms in total. The van der Waals surface area contributed by atoms with Gasteiger partial charge < -0.3 is 9.95 Å². The van der Waals surface area contributed by atoms with E-state index in [0.717, 1.165) is 5.39 Å². The first-order chi connectivity index (χ1) is 9.22. The third kappa shape index (κ3) is 1.62. The fraction of sp³-hybridized carbons (Fsp3) is 0. The number of aromatic hydroxyl groups is 1. The Balaban J connectivity index is 2.48. The van der Waals surface area contributed by atoms with Crippen LogP contribution in [0.5, 0.6) is 5.75 Å². The summed E-state index contributed by atoms with van der Waals surface area (Å²) in [5.41, 5.74) is 1.14. The predicted octanol–water partition coefficient (Wildman–Crippen LogP) is 2.91. The Bertz CT molecular complexity index is 903. The first kappa shape index (κ1) is 10.9. The van der Waals surface area contributed by atoms with Crippen LogP contribution in [0.25, 0.3) is 26.7 Å². The van der Waals surface area contributed by atoms with Crippen molar-refractivity contribution < 1.29 is 5.11 Å². The number of rotatable bonds is 0. The number of benzene rings is 1. The zero-order valence-electron chi connectivity index (χ0n) is 9.62. The molecule has 88 valence electrons. The second kappa shape index (κ2) is 3.94. The van der Waals surface area contributed by atoms with Crippen LogP contribution in [0.1, 0.15) is 5.69 Å². The van der Waals surface area contributed by atoms with Crippen molar-refractivity contribution in [2.24, 2.45) is 0 Å². The molecule has 2 heterocycles. The van der Waals surface area contributed by atoms with Gasteiger partial charge in [0.15, 0.2) is 5.52 Å². The van der Waals surface area contributed by atoms with E-state index in [0.29, 0.717) is 16.4 Å². The quantitative estimate of drug-likeness (QED) is 0.489. The number of phenolic OH excluding ortho intramolecular Hbond substituents is 1. The Labute approximate surface area is 108 Å².